The number of thiophene rings is 1. The Balaban J connectivity index is 0.000000206. The molecule has 4 heterocycles. The van der Waals surface area contributed by atoms with Crippen LogP contribution in [0.4, 0.5) is 10.7 Å². The van der Waals surface area contributed by atoms with E-state index in [-0.39, 0.29) is 11.1 Å². The third-order valence-corrected chi connectivity index (χ3v) is 6.94. The number of hydrogen-bond acceptors (Lipinski definition) is 9. The molecule has 3 aromatic rings. The highest BCUT2D eigenvalue weighted by molar-refractivity contribution is 8.18. The zero-order valence-electron chi connectivity index (χ0n) is 20.6. The molecule has 3 aromatic heterocycles. The van der Waals surface area contributed by atoms with Gasteiger partial charge in [0.2, 0.25) is 5.95 Å². The third-order valence-electron chi connectivity index (χ3n) is 5.44. The van der Waals surface area contributed by atoms with E-state index in [1.54, 1.807) is 35.9 Å². The lowest BCUT2D eigenvalue weighted by molar-refractivity contribution is -0.115. The van der Waals surface area contributed by atoms with Crippen molar-refractivity contribution in [2.45, 2.75) is 58.5 Å². The number of carbonyl (C=O) groups excluding carboxylic acids is 2. The Morgan fingerprint density at radius 1 is 1.11 bits per heavy atom. The summed E-state index contributed by atoms with van der Waals surface area (Å²) in [6.07, 6.45) is 11.1. The van der Waals surface area contributed by atoms with Gasteiger partial charge >= 0.3 is 0 Å². The van der Waals surface area contributed by atoms with Gasteiger partial charge in [-0.3, -0.25) is 19.9 Å². The molecule has 0 unspecified atom stereocenters. The van der Waals surface area contributed by atoms with Gasteiger partial charge in [0.05, 0.1) is 16.3 Å². The van der Waals surface area contributed by atoms with Crippen LogP contribution in [0.5, 0.6) is 0 Å². The van der Waals surface area contributed by atoms with E-state index in [9.17, 15) is 9.59 Å². The molecule has 36 heavy (non-hydrogen) atoms. The number of nitrogens with two attached hydrogens (primary N) is 1. The van der Waals surface area contributed by atoms with Crippen molar-refractivity contribution in [3.63, 3.8) is 0 Å². The summed E-state index contributed by atoms with van der Waals surface area (Å²) in [6.45, 7) is 4.54. The Bertz CT molecular complexity index is 1160. The van der Waals surface area contributed by atoms with Gasteiger partial charge in [-0.1, -0.05) is 39.2 Å². The molecule has 2 fully saturated rings. The maximum absolute atomic E-state index is 11.5. The highest BCUT2D eigenvalue weighted by atomic mass is 32.2. The molecule has 0 bridgehead atoms. The topological polar surface area (TPSA) is 123 Å². The largest absolute Gasteiger partial charge is 0.351 e. The normalized spacial score (nSPS) is 16.5. The third kappa shape index (κ3) is 7.97. The van der Waals surface area contributed by atoms with Crippen molar-refractivity contribution < 1.29 is 9.59 Å². The summed E-state index contributed by atoms with van der Waals surface area (Å²) in [5.41, 5.74) is 9.50. The molecule has 10 heteroatoms. The zero-order valence-corrected chi connectivity index (χ0v) is 22.2. The monoisotopic (exact) mass is 524 g/mol. The Morgan fingerprint density at radius 3 is 2.58 bits per heavy atom. The number of aromatic nitrogens is 3. The summed E-state index contributed by atoms with van der Waals surface area (Å²) in [6, 6.07) is 8.13. The smallest absolute Gasteiger partial charge is 0.290 e. The number of carbonyl (C=O) groups is 2. The Kier molecular flexibility index (Phi) is 11.1. The number of nitrogens with one attached hydrogen (secondary N) is 2. The first-order valence-corrected chi connectivity index (χ1v) is 13.9. The minimum Gasteiger partial charge on any atom is -0.351 e. The number of thioether (sulfide) groups is 1. The number of pyridine rings is 1. The molecule has 0 radical (unpaired) electrons. The molecule has 8 nitrogen and oxygen atoms in total. The van der Waals surface area contributed by atoms with E-state index in [4.69, 9.17) is 5.73 Å². The fraction of sp³-hybridized carbons (Fsp3) is 0.346. The van der Waals surface area contributed by atoms with Gasteiger partial charge in [-0.05, 0) is 59.8 Å². The van der Waals surface area contributed by atoms with Gasteiger partial charge in [0.15, 0.2) is 0 Å². The lowest BCUT2D eigenvalue weighted by atomic mass is 9.96. The second-order valence-corrected chi connectivity index (χ2v) is 9.66. The fourth-order valence-corrected chi connectivity index (χ4v) is 5.08. The number of nitrogens with zero attached hydrogens (tertiary/aromatic N) is 3. The minimum atomic E-state index is -0.370. The molecule has 0 atom stereocenters. The van der Waals surface area contributed by atoms with E-state index in [1.807, 2.05) is 31.4 Å². The summed E-state index contributed by atoms with van der Waals surface area (Å²) in [4.78, 5) is 35.9. The molecule has 1 aliphatic carbocycles. The van der Waals surface area contributed by atoms with Crippen molar-refractivity contribution >= 4 is 46.3 Å². The molecule has 5 rings (SSSR count). The van der Waals surface area contributed by atoms with Gasteiger partial charge in [0.1, 0.15) is 0 Å². The predicted molar refractivity (Wildman–Crippen MR) is 148 cm³/mol. The molecule has 190 valence electrons. The number of anilines is 1. The quantitative estimate of drug-likeness (QED) is 0.356. The number of rotatable bonds is 5. The lowest BCUT2D eigenvalue weighted by Crippen LogP contribution is -2.23. The van der Waals surface area contributed by atoms with Gasteiger partial charge in [0.25, 0.3) is 11.1 Å². The van der Waals surface area contributed by atoms with Crippen LogP contribution in [-0.2, 0) is 11.3 Å². The summed E-state index contributed by atoms with van der Waals surface area (Å²) in [5, 5.41) is 9.35. The first-order chi connectivity index (χ1) is 17.6. The molecule has 1 aliphatic heterocycles. The van der Waals surface area contributed by atoms with Crippen LogP contribution in [0.1, 0.15) is 57.2 Å². The van der Waals surface area contributed by atoms with Crippen molar-refractivity contribution in [3.8, 4) is 11.3 Å². The van der Waals surface area contributed by atoms with Crippen molar-refractivity contribution in [1.29, 1.82) is 0 Å². The summed E-state index contributed by atoms with van der Waals surface area (Å²) < 4.78 is 0. The predicted octanol–water partition coefficient (Wildman–Crippen LogP) is 5.84. The molecule has 0 aromatic carbocycles. The summed E-state index contributed by atoms with van der Waals surface area (Å²) in [5.74, 6) is 0.205. The fourth-order valence-electron chi connectivity index (χ4n) is 3.77. The van der Waals surface area contributed by atoms with E-state index in [2.05, 4.69) is 37.0 Å². The van der Waals surface area contributed by atoms with Crippen LogP contribution >= 0.6 is 23.1 Å². The average molecular weight is 525 g/mol. The van der Waals surface area contributed by atoms with Crippen LogP contribution in [0, 0.1) is 0 Å². The molecule has 0 spiro atoms. The average Bonchev–Trinajstić information content (AvgIpc) is 3.56. The molecule has 2 amide bonds. The van der Waals surface area contributed by atoms with Crippen molar-refractivity contribution in [2.75, 3.05) is 5.32 Å². The molecule has 1 saturated carbocycles. The SMILES string of the molecule is CC.NCc1cccnc1-c1ccsc1.O=C1NC(=O)/C(=C/c2ccnc(NC3CCCCC3)n2)S1. The van der Waals surface area contributed by atoms with Gasteiger partial charge in [-0.25, -0.2) is 9.97 Å². The van der Waals surface area contributed by atoms with Crippen LogP contribution in [0.25, 0.3) is 17.3 Å². The second kappa shape index (κ2) is 14.5. The highest BCUT2D eigenvalue weighted by Gasteiger charge is 2.25. The number of hydrogen-bond donors (Lipinski definition) is 3. The summed E-state index contributed by atoms with van der Waals surface area (Å²) in [7, 11) is 0. The first kappa shape index (κ1) is 27.5. The van der Waals surface area contributed by atoms with Crippen molar-refractivity contribution in [2.24, 2.45) is 5.73 Å². The molecular weight excluding hydrogens is 492 g/mol. The standard InChI is InChI=1S/C14H16N4O2S.C10H10N2S.C2H6/c19-12-11(21-14(20)18-12)8-10-6-7-15-13(17-10)16-9-4-2-1-3-5-9;11-6-8-2-1-4-12-10(8)9-3-5-13-7-9;1-2/h6-9H,1-5H2,(H,15,16,17)(H,18,19,20);1-5,7H,6,11H2;1-2H3/b11-8-;;. The summed E-state index contributed by atoms with van der Waals surface area (Å²) >= 11 is 2.56. The van der Waals surface area contributed by atoms with Crippen molar-refractivity contribution in [1.82, 2.24) is 20.3 Å². The Morgan fingerprint density at radius 2 is 1.92 bits per heavy atom. The van der Waals surface area contributed by atoms with Crippen molar-refractivity contribution in [3.05, 3.63) is 63.6 Å². The molecule has 4 N–H and O–H groups in total. The molecular formula is C26H32N6O2S2. The van der Waals surface area contributed by atoms with E-state index >= 15 is 0 Å². The van der Waals surface area contributed by atoms with Crippen LogP contribution in [0.15, 0.2) is 52.3 Å². The van der Waals surface area contributed by atoms with E-state index in [0.717, 1.165) is 41.4 Å². The Hall–Kier alpha value is -3.08. The van der Waals surface area contributed by atoms with Crippen LogP contribution in [-0.4, -0.2) is 32.1 Å². The van der Waals surface area contributed by atoms with Gasteiger partial charge in [-0.15, -0.1) is 0 Å². The maximum Gasteiger partial charge on any atom is 0.290 e. The maximum atomic E-state index is 11.5. The zero-order chi connectivity index (χ0) is 25.8. The van der Waals surface area contributed by atoms with Crippen LogP contribution in [0.2, 0.25) is 0 Å². The number of imide groups is 1. The van der Waals surface area contributed by atoms with E-state index in [0.29, 0.717) is 29.1 Å². The van der Waals surface area contributed by atoms with Gasteiger partial charge < -0.3 is 11.1 Å². The number of amides is 2. The van der Waals surface area contributed by atoms with E-state index in [1.165, 1.54) is 19.3 Å². The van der Waals surface area contributed by atoms with E-state index < -0.39 is 0 Å². The minimum absolute atomic E-state index is 0.346. The second-order valence-electron chi connectivity index (χ2n) is 7.86. The van der Waals surface area contributed by atoms with Gasteiger partial charge in [0, 0.05) is 35.9 Å². The highest BCUT2D eigenvalue weighted by Crippen LogP contribution is 2.26. The Labute approximate surface area is 220 Å². The lowest BCUT2D eigenvalue weighted by Gasteiger charge is -2.22. The first-order valence-electron chi connectivity index (χ1n) is 12.1. The molecule has 2 aliphatic rings. The van der Waals surface area contributed by atoms with Crippen LogP contribution < -0.4 is 16.4 Å². The van der Waals surface area contributed by atoms with Crippen LogP contribution in [0.3, 0.4) is 0 Å². The van der Waals surface area contributed by atoms with Gasteiger partial charge in [-0.2, -0.15) is 11.3 Å². The molecule has 1 saturated heterocycles.